The summed E-state index contributed by atoms with van der Waals surface area (Å²) < 4.78 is 5.06. The summed E-state index contributed by atoms with van der Waals surface area (Å²) in [6, 6.07) is 7.88. The number of amides is 1. The molecule has 108 valence electrons. The number of ether oxygens (including phenoxy) is 1. The van der Waals surface area contributed by atoms with Gasteiger partial charge in [0, 0.05) is 6.54 Å². The van der Waals surface area contributed by atoms with Crippen molar-refractivity contribution in [2.45, 2.75) is 39.2 Å². The first-order valence-corrected chi connectivity index (χ1v) is 7.14. The minimum Gasteiger partial charge on any atom is -0.455 e. The number of carbonyl (C=O) groups is 2. The zero-order valence-corrected chi connectivity index (χ0v) is 11.9. The van der Waals surface area contributed by atoms with E-state index in [4.69, 9.17) is 4.74 Å². The maximum Gasteiger partial charge on any atom is 0.309 e. The van der Waals surface area contributed by atoms with Gasteiger partial charge in [0.15, 0.2) is 6.61 Å². The van der Waals surface area contributed by atoms with E-state index in [0.29, 0.717) is 6.54 Å². The molecule has 0 saturated heterocycles. The summed E-state index contributed by atoms with van der Waals surface area (Å²) >= 11 is 0. The highest BCUT2D eigenvalue weighted by Gasteiger charge is 2.24. The molecule has 0 unspecified atom stereocenters. The number of hydrogen-bond acceptors (Lipinski definition) is 3. The Hall–Kier alpha value is -1.84. The zero-order chi connectivity index (χ0) is 14.4. The van der Waals surface area contributed by atoms with Crippen LogP contribution >= 0.6 is 0 Å². The summed E-state index contributed by atoms with van der Waals surface area (Å²) in [5.41, 5.74) is 2.21. The third-order valence-electron chi connectivity index (χ3n) is 3.77. The van der Waals surface area contributed by atoms with E-state index in [0.717, 1.165) is 36.8 Å². The van der Waals surface area contributed by atoms with Crippen LogP contribution in [0.15, 0.2) is 24.3 Å². The van der Waals surface area contributed by atoms with Gasteiger partial charge < -0.3 is 10.1 Å². The van der Waals surface area contributed by atoms with Crippen LogP contribution in [0.25, 0.3) is 0 Å². The highest BCUT2D eigenvalue weighted by Crippen LogP contribution is 2.25. The van der Waals surface area contributed by atoms with Crippen LogP contribution in [-0.4, -0.2) is 18.5 Å². The van der Waals surface area contributed by atoms with Crippen LogP contribution in [0.3, 0.4) is 0 Å². The average molecular weight is 275 g/mol. The SMILES string of the molecule is Cc1ccccc1CNC(=O)COC(=O)C1CCCC1. The Morgan fingerprint density at radius 3 is 2.65 bits per heavy atom. The first-order valence-electron chi connectivity index (χ1n) is 7.14. The molecule has 0 heterocycles. The van der Waals surface area contributed by atoms with E-state index in [2.05, 4.69) is 5.32 Å². The normalized spacial score (nSPS) is 15.1. The maximum absolute atomic E-state index is 11.7. The summed E-state index contributed by atoms with van der Waals surface area (Å²) in [6.45, 7) is 2.29. The molecule has 0 radical (unpaired) electrons. The number of benzene rings is 1. The van der Waals surface area contributed by atoms with Crippen LogP contribution in [0.5, 0.6) is 0 Å². The molecule has 2 rings (SSSR count). The van der Waals surface area contributed by atoms with E-state index >= 15 is 0 Å². The molecule has 1 saturated carbocycles. The first kappa shape index (κ1) is 14.6. The summed E-state index contributed by atoms with van der Waals surface area (Å²) in [5, 5.41) is 2.77. The molecule has 1 aromatic carbocycles. The Bertz CT molecular complexity index is 478. The fraction of sp³-hybridized carbons (Fsp3) is 0.500. The van der Waals surface area contributed by atoms with Crippen LogP contribution in [0.2, 0.25) is 0 Å². The molecule has 0 spiro atoms. The van der Waals surface area contributed by atoms with Gasteiger partial charge in [-0.05, 0) is 30.9 Å². The van der Waals surface area contributed by atoms with Crippen molar-refractivity contribution in [3.63, 3.8) is 0 Å². The number of aryl methyl sites for hydroxylation is 1. The molecular weight excluding hydrogens is 254 g/mol. The molecule has 4 nitrogen and oxygen atoms in total. The van der Waals surface area contributed by atoms with Crippen LogP contribution < -0.4 is 5.32 Å². The van der Waals surface area contributed by atoms with Crippen molar-refractivity contribution in [2.24, 2.45) is 5.92 Å². The molecule has 0 atom stereocenters. The molecule has 1 aromatic rings. The molecule has 1 aliphatic rings. The van der Waals surface area contributed by atoms with E-state index in [1.807, 2.05) is 31.2 Å². The fourth-order valence-corrected chi connectivity index (χ4v) is 2.47. The summed E-state index contributed by atoms with van der Waals surface area (Å²) in [7, 11) is 0. The molecule has 1 aliphatic carbocycles. The van der Waals surface area contributed by atoms with Gasteiger partial charge in [0.1, 0.15) is 0 Å². The molecular formula is C16H21NO3. The van der Waals surface area contributed by atoms with E-state index in [1.165, 1.54) is 0 Å². The van der Waals surface area contributed by atoms with Gasteiger partial charge in [-0.3, -0.25) is 9.59 Å². The Balaban J connectivity index is 1.70. The van der Waals surface area contributed by atoms with Gasteiger partial charge in [0.25, 0.3) is 5.91 Å². The molecule has 1 amide bonds. The van der Waals surface area contributed by atoms with Crippen molar-refractivity contribution >= 4 is 11.9 Å². The smallest absolute Gasteiger partial charge is 0.309 e. The Kier molecular flexibility index (Phi) is 5.16. The molecule has 20 heavy (non-hydrogen) atoms. The van der Waals surface area contributed by atoms with E-state index in [9.17, 15) is 9.59 Å². The molecule has 0 aromatic heterocycles. The Morgan fingerprint density at radius 1 is 1.25 bits per heavy atom. The lowest BCUT2D eigenvalue weighted by molar-refractivity contribution is -0.152. The Labute approximate surface area is 119 Å². The second-order valence-electron chi connectivity index (χ2n) is 5.29. The van der Waals surface area contributed by atoms with Gasteiger partial charge in [-0.25, -0.2) is 0 Å². The second-order valence-corrected chi connectivity index (χ2v) is 5.29. The minimum absolute atomic E-state index is 0.000771. The van der Waals surface area contributed by atoms with Gasteiger partial charge in [-0.1, -0.05) is 37.1 Å². The predicted molar refractivity (Wildman–Crippen MR) is 75.9 cm³/mol. The number of nitrogens with one attached hydrogen (secondary N) is 1. The lowest BCUT2D eigenvalue weighted by atomic mass is 10.1. The lowest BCUT2D eigenvalue weighted by Crippen LogP contribution is -2.29. The lowest BCUT2D eigenvalue weighted by Gasteiger charge is -2.10. The molecule has 1 fully saturated rings. The van der Waals surface area contributed by atoms with Crippen molar-refractivity contribution in [2.75, 3.05) is 6.61 Å². The summed E-state index contributed by atoms with van der Waals surface area (Å²) in [4.78, 5) is 23.3. The number of esters is 1. The zero-order valence-electron chi connectivity index (χ0n) is 11.9. The number of carbonyl (C=O) groups excluding carboxylic acids is 2. The first-order chi connectivity index (χ1) is 9.66. The molecule has 0 aliphatic heterocycles. The monoisotopic (exact) mass is 275 g/mol. The van der Waals surface area contributed by atoms with Gasteiger partial charge in [-0.15, -0.1) is 0 Å². The summed E-state index contributed by atoms with van der Waals surface area (Å²) in [5.74, 6) is -0.479. The van der Waals surface area contributed by atoms with Crippen molar-refractivity contribution in [3.05, 3.63) is 35.4 Å². The molecule has 0 bridgehead atoms. The van der Waals surface area contributed by atoms with E-state index < -0.39 is 0 Å². The topological polar surface area (TPSA) is 55.4 Å². The minimum atomic E-state index is -0.250. The average Bonchev–Trinajstić information content (AvgIpc) is 2.98. The number of hydrogen-bond donors (Lipinski definition) is 1. The van der Waals surface area contributed by atoms with Gasteiger partial charge >= 0.3 is 5.97 Å². The van der Waals surface area contributed by atoms with Crippen LogP contribution in [0, 0.1) is 12.8 Å². The third-order valence-corrected chi connectivity index (χ3v) is 3.77. The van der Waals surface area contributed by atoms with E-state index in [-0.39, 0.29) is 24.4 Å². The van der Waals surface area contributed by atoms with Gasteiger partial charge in [0.2, 0.25) is 0 Å². The van der Waals surface area contributed by atoms with Crippen molar-refractivity contribution < 1.29 is 14.3 Å². The molecule has 1 N–H and O–H groups in total. The van der Waals surface area contributed by atoms with Gasteiger partial charge in [0.05, 0.1) is 5.92 Å². The van der Waals surface area contributed by atoms with Crippen molar-refractivity contribution in [3.8, 4) is 0 Å². The second kappa shape index (κ2) is 7.08. The standard InChI is InChI=1S/C16H21NO3/c1-12-6-2-3-9-14(12)10-17-15(18)11-20-16(19)13-7-4-5-8-13/h2-3,6,9,13H,4-5,7-8,10-11H2,1H3,(H,17,18). The summed E-state index contributed by atoms with van der Waals surface area (Å²) in [6.07, 6.45) is 3.95. The van der Waals surface area contributed by atoms with Crippen molar-refractivity contribution in [1.29, 1.82) is 0 Å². The largest absolute Gasteiger partial charge is 0.455 e. The van der Waals surface area contributed by atoms with Gasteiger partial charge in [-0.2, -0.15) is 0 Å². The van der Waals surface area contributed by atoms with Crippen LogP contribution in [0.4, 0.5) is 0 Å². The highest BCUT2D eigenvalue weighted by molar-refractivity contribution is 5.81. The predicted octanol–water partition coefficient (Wildman–Crippen LogP) is 2.34. The van der Waals surface area contributed by atoms with Crippen LogP contribution in [0.1, 0.15) is 36.8 Å². The molecule has 4 heteroatoms. The van der Waals surface area contributed by atoms with Crippen molar-refractivity contribution in [1.82, 2.24) is 5.32 Å². The number of rotatable bonds is 5. The Morgan fingerprint density at radius 2 is 1.95 bits per heavy atom. The maximum atomic E-state index is 11.7. The third kappa shape index (κ3) is 4.08. The van der Waals surface area contributed by atoms with E-state index in [1.54, 1.807) is 0 Å². The van der Waals surface area contributed by atoms with Crippen LogP contribution in [-0.2, 0) is 20.9 Å². The quantitative estimate of drug-likeness (QED) is 0.839. The fourth-order valence-electron chi connectivity index (χ4n) is 2.47. The highest BCUT2D eigenvalue weighted by atomic mass is 16.5.